The zero-order valence-electron chi connectivity index (χ0n) is 44.0. The molecule has 0 saturated carbocycles. The Balaban J connectivity index is 2.11. The third kappa shape index (κ3) is 19.3. The zero-order valence-corrected chi connectivity index (χ0v) is 47.2. The summed E-state index contributed by atoms with van der Waals surface area (Å²) < 4.78 is 22.6. The van der Waals surface area contributed by atoms with Gasteiger partial charge < -0.3 is 49.2 Å². The molecule has 1 aromatic carbocycles. The lowest BCUT2D eigenvalue weighted by Gasteiger charge is -2.41. The minimum Gasteiger partial charge on any atom is -0.481 e. The number of ketones is 2. The van der Waals surface area contributed by atoms with Gasteiger partial charge in [-0.25, -0.2) is 4.79 Å². The Hall–Kier alpha value is -4.08. The van der Waals surface area contributed by atoms with Crippen molar-refractivity contribution in [2.75, 3.05) is 67.8 Å². The first kappa shape index (κ1) is 64.0. The molecular weight excluding hydrogens is 1060 g/mol. The largest absolute Gasteiger partial charge is 0.481 e. The number of aliphatic carboxylic acids is 2. The van der Waals surface area contributed by atoms with Crippen LogP contribution in [-0.2, 0) is 63.7 Å². The average Bonchev–Trinajstić information content (AvgIpc) is 3.83. The van der Waals surface area contributed by atoms with Crippen LogP contribution >= 0.6 is 31.9 Å². The molecular formula is C52H80Br2N4O14. The van der Waals surface area contributed by atoms with Crippen LogP contribution in [-0.4, -0.2) is 170 Å². The first-order valence-corrected chi connectivity index (χ1v) is 26.5. The van der Waals surface area contributed by atoms with Crippen molar-refractivity contribution in [3.63, 3.8) is 0 Å². The second-order valence-electron chi connectivity index (χ2n) is 19.4. The van der Waals surface area contributed by atoms with Gasteiger partial charge in [0.05, 0.1) is 75.5 Å². The van der Waals surface area contributed by atoms with Crippen molar-refractivity contribution < 1.29 is 67.5 Å². The lowest BCUT2D eigenvalue weighted by atomic mass is 9.83. The third-order valence-electron chi connectivity index (χ3n) is 13.7. The van der Waals surface area contributed by atoms with E-state index in [0.717, 1.165) is 5.56 Å². The highest BCUT2D eigenvalue weighted by Gasteiger charge is 2.44. The van der Waals surface area contributed by atoms with E-state index in [2.05, 4.69) is 37.2 Å². The third-order valence-corrected chi connectivity index (χ3v) is 15.8. The predicted molar refractivity (Wildman–Crippen MR) is 278 cm³/mol. The molecule has 0 bridgehead atoms. The maximum atomic E-state index is 14.7. The normalized spacial score (nSPS) is 17.5. The number of Topliss-reactive ketones (excluding diaryl/α,β-unsaturated/α-hetero) is 2. The maximum Gasteiger partial charge on any atom is 0.344 e. The Bertz CT molecular complexity index is 1990. The molecule has 1 aromatic rings. The van der Waals surface area contributed by atoms with Gasteiger partial charge in [-0.1, -0.05) is 85.2 Å². The first-order chi connectivity index (χ1) is 33.9. The number of nitrogens with zero attached hydrogens (tertiary/aromatic N) is 3. The molecule has 1 aliphatic rings. The van der Waals surface area contributed by atoms with E-state index in [0.29, 0.717) is 25.8 Å². The van der Waals surface area contributed by atoms with Crippen LogP contribution in [0.1, 0.15) is 99.0 Å². The Morgan fingerprint density at radius 3 is 1.96 bits per heavy atom. The van der Waals surface area contributed by atoms with Crippen LogP contribution in [0.5, 0.6) is 0 Å². The molecule has 1 aliphatic heterocycles. The van der Waals surface area contributed by atoms with Gasteiger partial charge in [-0.3, -0.25) is 33.6 Å². The smallest absolute Gasteiger partial charge is 0.344 e. The lowest BCUT2D eigenvalue weighted by molar-refractivity contribution is -0.150. The molecule has 406 valence electrons. The van der Waals surface area contributed by atoms with E-state index < -0.39 is 65.9 Å². The molecule has 72 heavy (non-hydrogen) atoms. The number of nitrogens with one attached hydrogen (secondary N) is 1. The Kier molecular flexibility index (Phi) is 28.7. The molecule has 2 unspecified atom stereocenters. The van der Waals surface area contributed by atoms with Crippen molar-refractivity contribution in [1.29, 1.82) is 0 Å². The van der Waals surface area contributed by atoms with Crippen LogP contribution < -0.4 is 5.32 Å². The van der Waals surface area contributed by atoms with Crippen molar-refractivity contribution >= 4 is 79.0 Å². The number of amides is 4. The number of carbonyl (C=O) groups is 8. The molecule has 9 atom stereocenters. The Labute approximate surface area is 442 Å². The van der Waals surface area contributed by atoms with Crippen LogP contribution in [0.2, 0.25) is 0 Å². The fourth-order valence-corrected chi connectivity index (χ4v) is 9.97. The second-order valence-corrected chi connectivity index (χ2v) is 20.9. The highest BCUT2D eigenvalue weighted by Crippen LogP contribution is 2.32. The number of likely N-dealkylation sites (tertiary alicyclic amines) is 1. The first-order valence-electron chi connectivity index (χ1n) is 24.9. The van der Waals surface area contributed by atoms with E-state index in [-0.39, 0.29) is 121 Å². The summed E-state index contributed by atoms with van der Waals surface area (Å²) >= 11 is 5.75. The summed E-state index contributed by atoms with van der Waals surface area (Å²) in [5.74, 6) is -7.29. The summed E-state index contributed by atoms with van der Waals surface area (Å²) in [4.78, 5) is 110. The maximum absolute atomic E-state index is 14.7. The topological polar surface area (TPSA) is 236 Å². The van der Waals surface area contributed by atoms with Gasteiger partial charge in [-0.05, 0) is 74.4 Å². The SMILES string of the molecule is CCC(C)[C@@H](C(CC(=O)N1CCC[C@H]1[C@H](OC)[C@@H](C)C(=O)C[C@@H](Cc1ccccc1)C(=O)O)OC)N(C)C(=O)[C@@H](CC(=O)[C@H](C(C)C)N(C)C(=O)CCOCCOCCNC(=O)/C(Br)=C(/Br)C(=O)O)C(C)C. The number of rotatable bonds is 34. The molecule has 0 radical (unpaired) electrons. The number of hydrogen-bond acceptors (Lipinski definition) is 12. The monoisotopic (exact) mass is 1140 g/mol. The number of ether oxygens (including phenoxy) is 4. The van der Waals surface area contributed by atoms with E-state index in [1.807, 2.05) is 71.9 Å². The Morgan fingerprint density at radius 2 is 1.42 bits per heavy atom. The zero-order chi connectivity index (χ0) is 54.4. The summed E-state index contributed by atoms with van der Waals surface area (Å²) in [6, 6.07) is 7.36. The molecule has 1 heterocycles. The summed E-state index contributed by atoms with van der Waals surface area (Å²) in [6.45, 7) is 14.3. The quantitative estimate of drug-likeness (QED) is 0.0519. The molecule has 18 nitrogen and oxygen atoms in total. The number of halogens is 2. The van der Waals surface area contributed by atoms with E-state index in [4.69, 9.17) is 24.1 Å². The molecule has 4 amide bonds. The number of carboxylic acids is 2. The van der Waals surface area contributed by atoms with Gasteiger partial charge in [0, 0.05) is 66.1 Å². The van der Waals surface area contributed by atoms with E-state index in [1.54, 1.807) is 30.8 Å². The molecule has 0 aromatic heterocycles. The van der Waals surface area contributed by atoms with Crippen molar-refractivity contribution in [3.05, 3.63) is 44.9 Å². The molecule has 1 fully saturated rings. The molecule has 2 rings (SSSR count). The number of hydrogen-bond donors (Lipinski definition) is 3. The lowest BCUT2D eigenvalue weighted by Crippen LogP contribution is -2.54. The standard InChI is InChI=1S/C52H80Br2N4O14/c1-12-33(6)47(41(69-10)30-43(62)58-22-16-19-38(58)48(70-11)34(7)39(59)28-36(51(65)66)27-35-17-14-13-15-18-35)57(9)50(64)37(31(2)3)29-40(60)46(32(4)5)56(8)42(61)20-23-71-25-26-72-24-21-55-49(63)44(53)45(54)52(67)68/h13-15,17-18,31-34,36-38,41,46-48H,12,16,19-30H2,1-11H3,(H,55,63)(H,65,66)(H,67,68)/b45-44-/t33?,34-,36+,37-,38-,41?,46-,47-,48+/m0/s1. The highest BCUT2D eigenvalue weighted by molar-refractivity contribution is 9.14. The van der Waals surface area contributed by atoms with Crippen molar-refractivity contribution in [2.24, 2.45) is 35.5 Å². The number of likely N-dealkylation sites (N-methyl/N-ethyl adjacent to an activating group) is 2. The molecule has 0 spiro atoms. The molecule has 3 N–H and O–H groups in total. The van der Waals surface area contributed by atoms with Gasteiger partial charge >= 0.3 is 11.9 Å². The summed E-state index contributed by atoms with van der Waals surface area (Å²) in [5, 5.41) is 21.5. The van der Waals surface area contributed by atoms with Crippen LogP contribution in [0, 0.1) is 35.5 Å². The highest BCUT2D eigenvalue weighted by atomic mass is 79.9. The summed E-state index contributed by atoms with van der Waals surface area (Å²) in [5.41, 5.74) is 0.821. The van der Waals surface area contributed by atoms with Crippen LogP contribution in [0.4, 0.5) is 0 Å². The van der Waals surface area contributed by atoms with E-state index in [9.17, 15) is 43.5 Å². The van der Waals surface area contributed by atoms with Gasteiger partial charge in [0.15, 0.2) is 5.78 Å². The van der Waals surface area contributed by atoms with Crippen LogP contribution in [0.15, 0.2) is 39.3 Å². The van der Waals surface area contributed by atoms with Crippen LogP contribution in [0.3, 0.4) is 0 Å². The van der Waals surface area contributed by atoms with E-state index >= 15 is 0 Å². The minimum atomic E-state index is -1.30. The van der Waals surface area contributed by atoms with Crippen LogP contribution in [0.25, 0.3) is 0 Å². The predicted octanol–water partition coefficient (Wildman–Crippen LogP) is 6.15. The van der Waals surface area contributed by atoms with Gasteiger partial charge in [0.1, 0.15) is 14.7 Å². The van der Waals surface area contributed by atoms with Crippen molar-refractivity contribution in [1.82, 2.24) is 20.0 Å². The van der Waals surface area contributed by atoms with Gasteiger partial charge in [0.2, 0.25) is 17.7 Å². The fraction of sp³-hybridized carbons (Fsp3) is 0.692. The molecule has 20 heteroatoms. The Morgan fingerprint density at radius 1 is 0.792 bits per heavy atom. The van der Waals surface area contributed by atoms with E-state index in [1.165, 1.54) is 19.1 Å². The molecule has 0 aliphatic carbocycles. The van der Waals surface area contributed by atoms with Crippen molar-refractivity contribution in [2.45, 2.75) is 130 Å². The van der Waals surface area contributed by atoms with Gasteiger partial charge in [-0.2, -0.15) is 0 Å². The number of benzene rings is 1. The fourth-order valence-electron chi connectivity index (χ4n) is 9.48. The summed E-state index contributed by atoms with van der Waals surface area (Å²) in [7, 11) is 6.27. The summed E-state index contributed by atoms with van der Waals surface area (Å²) in [6.07, 6.45) is 0.371. The van der Waals surface area contributed by atoms with Gasteiger partial charge in [0.25, 0.3) is 5.91 Å². The second kappa shape index (κ2) is 32.3. The van der Waals surface area contributed by atoms with Crippen molar-refractivity contribution in [3.8, 4) is 0 Å². The number of carbonyl (C=O) groups excluding carboxylic acids is 6. The molecule has 1 saturated heterocycles. The number of carboxylic acid groups (broad SMARTS) is 2. The average molecular weight is 1150 g/mol. The minimum absolute atomic E-state index is 0.00524. The number of methoxy groups -OCH3 is 2. The van der Waals surface area contributed by atoms with Gasteiger partial charge in [-0.15, -0.1) is 0 Å².